The van der Waals surface area contributed by atoms with Gasteiger partial charge < -0.3 is 15.0 Å². The summed E-state index contributed by atoms with van der Waals surface area (Å²) < 4.78 is 8.54. The molecule has 2 amide bonds. The molecular formula is C34H43N5O4. The lowest BCUT2D eigenvalue weighted by molar-refractivity contribution is 0.0520. The predicted octanol–water partition coefficient (Wildman–Crippen LogP) is 5.92. The molecule has 0 aliphatic rings. The molecule has 1 unspecified atom stereocenters. The molecule has 0 radical (unpaired) electrons. The van der Waals surface area contributed by atoms with Gasteiger partial charge in [-0.1, -0.05) is 61.9 Å². The Bertz CT molecular complexity index is 1630. The summed E-state index contributed by atoms with van der Waals surface area (Å²) >= 11 is 0. The first-order chi connectivity index (χ1) is 20.3. The molecule has 1 N–H and O–H groups in total. The van der Waals surface area contributed by atoms with Gasteiger partial charge in [-0.3, -0.25) is 9.36 Å². The number of benzene rings is 2. The van der Waals surface area contributed by atoms with Crippen LogP contribution in [-0.2, 0) is 11.3 Å². The van der Waals surface area contributed by atoms with E-state index in [4.69, 9.17) is 4.74 Å². The van der Waals surface area contributed by atoms with E-state index in [1.807, 2.05) is 106 Å². The molecule has 4 rings (SSSR count). The number of aryl methyl sites for hydroxylation is 2. The van der Waals surface area contributed by atoms with Crippen LogP contribution in [0.25, 0.3) is 5.52 Å². The van der Waals surface area contributed by atoms with Gasteiger partial charge in [0.1, 0.15) is 5.60 Å². The van der Waals surface area contributed by atoms with Crippen molar-refractivity contribution in [3.63, 3.8) is 0 Å². The number of hydrogen-bond acceptors (Lipinski definition) is 5. The fourth-order valence-corrected chi connectivity index (χ4v) is 5.33. The Balaban J connectivity index is 1.78. The van der Waals surface area contributed by atoms with Gasteiger partial charge in [-0.25, -0.2) is 9.59 Å². The van der Waals surface area contributed by atoms with Crippen LogP contribution >= 0.6 is 0 Å². The van der Waals surface area contributed by atoms with Crippen molar-refractivity contribution < 1.29 is 14.3 Å². The van der Waals surface area contributed by atoms with Gasteiger partial charge in [0.05, 0.1) is 23.8 Å². The summed E-state index contributed by atoms with van der Waals surface area (Å²) in [6.07, 6.45) is -0.000483. The Kier molecular flexibility index (Phi) is 9.73. The summed E-state index contributed by atoms with van der Waals surface area (Å²) in [6.45, 7) is 14.4. The Morgan fingerprint density at radius 1 is 1.00 bits per heavy atom. The highest BCUT2D eigenvalue weighted by molar-refractivity contribution is 5.94. The first-order valence-corrected chi connectivity index (χ1v) is 14.8. The van der Waals surface area contributed by atoms with Gasteiger partial charge in [-0.05, 0) is 76.8 Å². The fourth-order valence-electron chi connectivity index (χ4n) is 5.33. The lowest BCUT2D eigenvalue weighted by Crippen LogP contribution is -2.43. The van der Waals surface area contributed by atoms with Gasteiger partial charge in [0, 0.05) is 24.3 Å². The Hall–Kier alpha value is -4.40. The van der Waals surface area contributed by atoms with Crippen LogP contribution in [-0.4, -0.2) is 49.8 Å². The minimum atomic E-state index is -0.604. The summed E-state index contributed by atoms with van der Waals surface area (Å²) in [7, 11) is 0. The molecule has 0 aliphatic heterocycles. The van der Waals surface area contributed by atoms with Crippen molar-refractivity contribution in [1.82, 2.24) is 24.4 Å². The molecule has 2 aromatic carbocycles. The molecule has 9 heteroatoms. The number of nitrogens with one attached hydrogen (secondary N) is 1. The smallest absolute Gasteiger partial charge is 0.407 e. The van der Waals surface area contributed by atoms with E-state index in [0.717, 1.165) is 22.5 Å². The maximum absolute atomic E-state index is 14.3. The van der Waals surface area contributed by atoms with E-state index >= 15 is 0 Å². The summed E-state index contributed by atoms with van der Waals surface area (Å²) in [5.41, 5.74) is 3.81. The number of carbonyl (C=O) groups is 2. The quantitative estimate of drug-likeness (QED) is 0.233. The van der Waals surface area contributed by atoms with E-state index < -0.39 is 17.7 Å². The number of rotatable bonds is 10. The molecule has 4 aromatic rings. The van der Waals surface area contributed by atoms with Crippen molar-refractivity contribution in [1.29, 1.82) is 0 Å². The number of amides is 2. The average molecular weight is 586 g/mol. The van der Waals surface area contributed by atoms with Gasteiger partial charge in [-0.2, -0.15) is 9.61 Å². The molecule has 2 aromatic heterocycles. The van der Waals surface area contributed by atoms with Crippen LogP contribution in [0.15, 0.2) is 71.5 Å². The maximum atomic E-state index is 14.3. The van der Waals surface area contributed by atoms with E-state index in [1.54, 1.807) is 4.57 Å². The van der Waals surface area contributed by atoms with Crippen LogP contribution < -0.4 is 11.0 Å². The number of carbonyl (C=O) groups excluding carboxylic acids is 2. The van der Waals surface area contributed by atoms with Crippen molar-refractivity contribution in [2.45, 2.75) is 73.1 Å². The predicted molar refractivity (Wildman–Crippen MR) is 168 cm³/mol. The molecule has 2 heterocycles. The number of aromatic nitrogens is 3. The third-order valence-corrected chi connectivity index (χ3v) is 7.10. The molecule has 43 heavy (non-hydrogen) atoms. The zero-order chi connectivity index (χ0) is 31.3. The summed E-state index contributed by atoms with van der Waals surface area (Å²) in [5.74, 6) is -0.177. The molecular weight excluding hydrogens is 542 g/mol. The zero-order valence-electron chi connectivity index (χ0n) is 26.3. The zero-order valence-corrected chi connectivity index (χ0v) is 26.3. The van der Waals surface area contributed by atoms with Gasteiger partial charge >= 0.3 is 11.8 Å². The molecule has 1 atom stereocenters. The highest BCUT2D eigenvalue weighted by Crippen LogP contribution is 2.31. The van der Waals surface area contributed by atoms with E-state index in [9.17, 15) is 14.4 Å². The number of fused-ring (bicyclic) bond motifs is 1. The Morgan fingerprint density at radius 3 is 2.37 bits per heavy atom. The lowest BCUT2D eigenvalue weighted by Gasteiger charge is -2.36. The van der Waals surface area contributed by atoms with Crippen LogP contribution in [0.4, 0.5) is 4.79 Å². The van der Waals surface area contributed by atoms with Crippen LogP contribution in [0.3, 0.4) is 0 Å². The van der Waals surface area contributed by atoms with Crippen LogP contribution in [0, 0.1) is 19.8 Å². The monoisotopic (exact) mass is 585 g/mol. The lowest BCUT2D eigenvalue weighted by atomic mass is 9.96. The summed E-state index contributed by atoms with van der Waals surface area (Å²) in [4.78, 5) is 42.3. The highest BCUT2D eigenvalue weighted by atomic mass is 16.6. The van der Waals surface area contributed by atoms with Crippen molar-refractivity contribution in [3.8, 4) is 0 Å². The second-order valence-electron chi connectivity index (χ2n) is 12.4. The molecule has 9 nitrogen and oxygen atoms in total. The third-order valence-electron chi connectivity index (χ3n) is 7.10. The van der Waals surface area contributed by atoms with Crippen molar-refractivity contribution in [3.05, 3.63) is 105 Å². The van der Waals surface area contributed by atoms with Crippen LogP contribution in [0.5, 0.6) is 0 Å². The summed E-state index contributed by atoms with van der Waals surface area (Å²) in [6, 6.07) is 20.8. The normalized spacial score (nSPS) is 12.4. The SMILES string of the molecule is Cc1cccc(C(=O)N(CCCNC(=O)OC(C)(C)C)C(c2cc3cc(C)nn3c(=O)n2Cc2ccccc2)C(C)C)c1. The Morgan fingerprint density at radius 2 is 1.72 bits per heavy atom. The first-order valence-electron chi connectivity index (χ1n) is 14.8. The third kappa shape index (κ3) is 7.91. The van der Waals surface area contributed by atoms with Gasteiger partial charge in [0.15, 0.2) is 0 Å². The molecule has 0 spiro atoms. The second kappa shape index (κ2) is 13.3. The number of nitrogens with zero attached hydrogens (tertiary/aromatic N) is 4. The molecule has 228 valence electrons. The fraction of sp³-hybridized carbons (Fsp3) is 0.412. The standard InChI is InChI=1S/C34H43N5O4/c1-23(2)30(29-21-28-20-25(4)36-39(28)33(42)38(29)22-26-14-9-8-10-15-26)37(31(40)27-16-11-13-24(3)19-27)18-12-17-35-32(41)43-34(5,6)7/h8-11,13-16,19-21,23,30H,12,17-18,22H2,1-7H3,(H,35,41). The largest absolute Gasteiger partial charge is 0.444 e. The van der Waals surface area contributed by atoms with E-state index in [1.165, 1.54) is 4.52 Å². The minimum absolute atomic E-state index is 0.0412. The molecule has 0 saturated heterocycles. The van der Waals surface area contributed by atoms with Crippen molar-refractivity contribution >= 4 is 17.5 Å². The topological polar surface area (TPSA) is 97.9 Å². The molecule has 0 fully saturated rings. The van der Waals surface area contributed by atoms with Crippen LogP contribution in [0.1, 0.15) is 80.0 Å². The highest BCUT2D eigenvalue weighted by Gasteiger charge is 2.32. The minimum Gasteiger partial charge on any atom is -0.444 e. The maximum Gasteiger partial charge on any atom is 0.407 e. The van der Waals surface area contributed by atoms with Crippen molar-refractivity contribution in [2.24, 2.45) is 5.92 Å². The van der Waals surface area contributed by atoms with Gasteiger partial charge in [0.2, 0.25) is 0 Å². The van der Waals surface area contributed by atoms with Crippen LogP contribution in [0.2, 0.25) is 0 Å². The van der Waals surface area contributed by atoms with E-state index in [0.29, 0.717) is 37.1 Å². The second-order valence-corrected chi connectivity index (χ2v) is 12.4. The van der Waals surface area contributed by atoms with E-state index in [2.05, 4.69) is 24.3 Å². The number of alkyl carbamates (subject to hydrolysis) is 1. The number of ether oxygens (including phenoxy) is 1. The summed E-state index contributed by atoms with van der Waals surface area (Å²) in [5, 5.41) is 7.26. The molecule has 0 saturated carbocycles. The van der Waals surface area contributed by atoms with Crippen molar-refractivity contribution in [2.75, 3.05) is 13.1 Å². The molecule has 0 bridgehead atoms. The number of hydrogen-bond donors (Lipinski definition) is 1. The van der Waals surface area contributed by atoms with E-state index in [-0.39, 0.29) is 17.5 Å². The van der Waals surface area contributed by atoms with Gasteiger partial charge in [0.25, 0.3) is 5.91 Å². The molecule has 0 aliphatic carbocycles. The average Bonchev–Trinajstić information content (AvgIpc) is 3.31. The Labute approximate surface area is 253 Å². The van der Waals surface area contributed by atoms with Gasteiger partial charge in [-0.15, -0.1) is 0 Å². The first kappa shape index (κ1) is 31.5.